The molecular weight excluding hydrogens is 220 g/mol. The monoisotopic (exact) mass is 236 g/mol. The zero-order chi connectivity index (χ0) is 12.9. The fourth-order valence-electron chi connectivity index (χ4n) is 1.10. The topological polar surface area (TPSA) is 127 Å². The number of hydrogen-bond acceptors (Lipinski definition) is 6. The van der Waals surface area contributed by atoms with Crippen molar-refractivity contribution >= 4 is 0 Å². The molecule has 2 N–H and O–H groups in total. The van der Waals surface area contributed by atoms with Crippen LogP contribution in [0.4, 0.5) is 0 Å². The smallest absolute Gasteiger partial charge is 0.235 e. The van der Waals surface area contributed by atoms with Crippen molar-refractivity contribution in [1.82, 2.24) is 0 Å². The van der Waals surface area contributed by atoms with Crippen LogP contribution in [0, 0.1) is 20.2 Å². The van der Waals surface area contributed by atoms with Crippen LogP contribution in [-0.4, -0.2) is 44.4 Å². The average Bonchev–Trinajstić information content (AvgIpc) is 2.22. The molecule has 0 rings (SSSR count). The summed E-state index contributed by atoms with van der Waals surface area (Å²) in [6, 6.07) is -2.28. The molecule has 0 aromatic rings. The van der Waals surface area contributed by atoms with Gasteiger partial charge in [-0.2, -0.15) is 0 Å². The van der Waals surface area contributed by atoms with Crippen LogP contribution in [0.1, 0.15) is 26.7 Å². The fourth-order valence-corrected chi connectivity index (χ4v) is 1.10. The van der Waals surface area contributed by atoms with Crippen molar-refractivity contribution < 1.29 is 20.1 Å². The van der Waals surface area contributed by atoms with Crippen LogP contribution >= 0.6 is 0 Å². The maximum Gasteiger partial charge on any atom is 0.235 e. The van der Waals surface area contributed by atoms with E-state index in [1.54, 1.807) is 0 Å². The van der Waals surface area contributed by atoms with Crippen molar-refractivity contribution in [1.29, 1.82) is 0 Å². The van der Waals surface area contributed by atoms with Gasteiger partial charge in [-0.25, -0.2) is 0 Å². The van der Waals surface area contributed by atoms with E-state index in [-0.39, 0.29) is 12.8 Å². The maximum atomic E-state index is 10.3. The number of nitrogens with zero attached hydrogens (tertiary/aromatic N) is 2. The van der Waals surface area contributed by atoms with Gasteiger partial charge in [0.1, 0.15) is 12.2 Å². The lowest BCUT2D eigenvalue weighted by Crippen LogP contribution is -2.35. The highest BCUT2D eigenvalue weighted by Crippen LogP contribution is 2.11. The number of rotatable bonds is 7. The first-order chi connectivity index (χ1) is 7.27. The lowest BCUT2D eigenvalue weighted by Gasteiger charge is -2.15. The third-order valence-corrected chi connectivity index (χ3v) is 2.54. The Morgan fingerprint density at radius 3 is 1.38 bits per heavy atom. The average molecular weight is 236 g/mol. The number of aliphatic hydroxyl groups is 2. The first-order valence-corrected chi connectivity index (χ1v) is 4.90. The second-order valence-electron chi connectivity index (χ2n) is 3.76. The van der Waals surface area contributed by atoms with Gasteiger partial charge < -0.3 is 10.2 Å². The molecule has 0 saturated carbocycles. The van der Waals surface area contributed by atoms with Gasteiger partial charge in [0.15, 0.2) is 0 Å². The number of aliphatic hydroxyl groups excluding tert-OH is 2. The minimum Gasteiger partial charge on any atom is -0.386 e. The highest BCUT2D eigenvalue weighted by atomic mass is 16.6. The minimum absolute atomic E-state index is 0.0402. The third-order valence-electron chi connectivity index (χ3n) is 2.54. The van der Waals surface area contributed by atoms with Crippen LogP contribution in [0.5, 0.6) is 0 Å². The van der Waals surface area contributed by atoms with E-state index >= 15 is 0 Å². The lowest BCUT2D eigenvalue weighted by atomic mass is 10.0. The zero-order valence-corrected chi connectivity index (χ0v) is 9.15. The van der Waals surface area contributed by atoms with Gasteiger partial charge in [0.25, 0.3) is 0 Å². The molecule has 8 nitrogen and oxygen atoms in total. The van der Waals surface area contributed by atoms with Gasteiger partial charge in [-0.05, 0) is 12.8 Å². The van der Waals surface area contributed by atoms with Gasteiger partial charge in [0, 0.05) is 23.7 Å². The van der Waals surface area contributed by atoms with Gasteiger partial charge in [-0.15, -0.1) is 0 Å². The second kappa shape index (κ2) is 6.33. The Kier molecular flexibility index (Phi) is 5.83. The normalized spacial score (nSPS) is 18.5. The van der Waals surface area contributed by atoms with E-state index in [0.717, 1.165) is 0 Å². The molecule has 0 radical (unpaired) electrons. The molecule has 0 aliphatic heterocycles. The van der Waals surface area contributed by atoms with Crippen LogP contribution < -0.4 is 0 Å². The van der Waals surface area contributed by atoms with Crippen LogP contribution in [0.15, 0.2) is 0 Å². The van der Waals surface area contributed by atoms with Gasteiger partial charge in [-0.1, -0.05) is 0 Å². The molecule has 0 unspecified atom stereocenters. The molecule has 0 bridgehead atoms. The number of hydrogen-bond donors (Lipinski definition) is 2. The van der Waals surface area contributed by atoms with Crippen LogP contribution in [0.3, 0.4) is 0 Å². The molecule has 16 heavy (non-hydrogen) atoms. The summed E-state index contributed by atoms with van der Waals surface area (Å²) in [4.78, 5) is 19.3. The van der Waals surface area contributed by atoms with Gasteiger partial charge in [0.2, 0.25) is 12.1 Å². The Morgan fingerprint density at radius 1 is 0.938 bits per heavy atom. The Labute approximate surface area is 92.2 Å². The Morgan fingerprint density at radius 2 is 1.19 bits per heavy atom. The summed E-state index contributed by atoms with van der Waals surface area (Å²) in [5, 5.41) is 39.3. The SMILES string of the molecule is C[C@H]([C@H](O)CC[C@H](O)[C@@H](C)[N+](=O)[O-])[N+](=O)[O-]. The summed E-state index contributed by atoms with van der Waals surface area (Å²) in [6.45, 7) is 2.49. The van der Waals surface area contributed by atoms with E-state index in [1.807, 2.05) is 0 Å². The van der Waals surface area contributed by atoms with E-state index < -0.39 is 34.1 Å². The van der Waals surface area contributed by atoms with E-state index in [4.69, 9.17) is 0 Å². The van der Waals surface area contributed by atoms with E-state index in [0.29, 0.717) is 0 Å². The Bertz CT molecular complexity index is 233. The lowest BCUT2D eigenvalue weighted by molar-refractivity contribution is -0.533. The number of nitro groups is 2. The molecule has 94 valence electrons. The molecule has 0 aliphatic rings. The minimum atomic E-state index is -1.20. The molecule has 4 atom stereocenters. The standard InChI is InChI=1S/C8H16N2O6/c1-5(9(13)14)7(11)3-4-8(12)6(2)10(15)16/h5-8,11-12H,3-4H2,1-2H3/t5-,6-,7-,8+/m1/s1. The summed E-state index contributed by atoms with van der Waals surface area (Å²) >= 11 is 0. The van der Waals surface area contributed by atoms with Gasteiger partial charge >= 0.3 is 0 Å². The predicted molar refractivity (Wildman–Crippen MR) is 54.2 cm³/mol. The third kappa shape index (κ3) is 4.49. The molecule has 0 aliphatic carbocycles. The van der Waals surface area contributed by atoms with Crippen molar-refractivity contribution in [2.75, 3.05) is 0 Å². The first kappa shape index (κ1) is 14.7. The van der Waals surface area contributed by atoms with Crippen molar-refractivity contribution in [3.63, 3.8) is 0 Å². The summed E-state index contributed by atoms with van der Waals surface area (Å²) in [5.74, 6) is 0. The van der Waals surface area contributed by atoms with Crippen LogP contribution in [0.25, 0.3) is 0 Å². The van der Waals surface area contributed by atoms with E-state index in [9.17, 15) is 30.4 Å². The molecule has 8 heteroatoms. The molecule has 0 aromatic heterocycles. The summed E-state index contributed by atoms with van der Waals surface area (Å²) < 4.78 is 0. The van der Waals surface area contributed by atoms with Crippen LogP contribution in [0.2, 0.25) is 0 Å². The summed E-state index contributed by atoms with van der Waals surface area (Å²) in [6.07, 6.45) is -2.49. The molecule has 0 amide bonds. The molecular formula is C8H16N2O6. The fraction of sp³-hybridized carbons (Fsp3) is 1.00. The highest BCUT2D eigenvalue weighted by Gasteiger charge is 2.28. The van der Waals surface area contributed by atoms with Crippen molar-refractivity contribution in [2.45, 2.75) is 51.0 Å². The Balaban J connectivity index is 4.05. The molecule has 0 spiro atoms. The largest absolute Gasteiger partial charge is 0.386 e. The zero-order valence-electron chi connectivity index (χ0n) is 9.15. The molecule has 0 aromatic carbocycles. The van der Waals surface area contributed by atoms with E-state index in [1.165, 1.54) is 13.8 Å². The molecule has 0 saturated heterocycles. The van der Waals surface area contributed by atoms with Crippen molar-refractivity contribution in [3.8, 4) is 0 Å². The molecule has 0 fully saturated rings. The van der Waals surface area contributed by atoms with Gasteiger partial charge in [0.05, 0.1) is 0 Å². The first-order valence-electron chi connectivity index (χ1n) is 4.90. The molecule has 0 heterocycles. The maximum absolute atomic E-state index is 10.3. The summed E-state index contributed by atoms with van der Waals surface area (Å²) in [7, 11) is 0. The summed E-state index contributed by atoms with van der Waals surface area (Å²) in [5.41, 5.74) is 0. The van der Waals surface area contributed by atoms with E-state index in [2.05, 4.69) is 0 Å². The van der Waals surface area contributed by atoms with Crippen LogP contribution in [-0.2, 0) is 0 Å². The van der Waals surface area contributed by atoms with Crippen molar-refractivity contribution in [2.24, 2.45) is 0 Å². The quantitative estimate of drug-likeness (QED) is 0.466. The highest BCUT2D eigenvalue weighted by molar-refractivity contribution is 4.69. The second-order valence-corrected chi connectivity index (χ2v) is 3.76. The Hall–Kier alpha value is -1.28. The predicted octanol–water partition coefficient (Wildman–Crippen LogP) is -0.181. The van der Waals surface area contributed by atoms with Gasteiger partial charge in [-0.3, -0.25) is 20.2 Å². The van der Waals surface area contributed by atoms with Crippen molar-refractivity contribution in [3.05, 3.63) is 20.2 Å².